The topological polar surface area (TPSA) is 83.0 Å². The highest BCUT2D eigenvalue weighted by Gasteiger charge is 2.24. The number of nitrogens with zero attached hydrogens (tertiary/aromatic N) is 1. The van der Waals surface area contributed by atoms with Gasteiger partial charge in [-0.1, -0.05) is 0 Å². The first kappa shape index (κ1) is 12.8. The average molecular weight is 289 g/mol. The van der Waals surface area contributed by atoms with Gasteiger partial charge in [-0.15, -0.1) is 0 Å². The molecule has 22 heavy (non-hydrogen) atoms. The number of phenols is 1. The number of hydrogen-bond acceptors (Lipinski definition) is 4. The summed E-state index contributed by atoms with van der Waals surface area (Å²) in [6, 6.07) is 10.9. The summed E-state index contributed by atoms with van der Waals surface area (Å²) in [5.74, 6) is 0.252. The van der Waals surface area contributed by atoms with Crippen LogP contribution >= 0.6 is 0 Å². The number of nitrogens with one attached hydrogen (secondary N) is 1. The summed E-state index contributed by atoms with van der Waals surface area (Å²) in [5, 5.41) is 18.1. The first-order valence-electron chi connectivity index (χ1n) is 7.23. The Kier molecular flexibility index (Phi) is 2.66. The number of nitrogens with two attached hydrogens (primary N) is 1. The van der Waals surface area contributed by atoms with Crippen molar-refractivity contribution in [2.24, 2.45) is 0 Å². The Hall–Kier alpha value is -2.88. The van der Waals surface area contributed by atoms with Gasteiger partial charge in [-0.3, -0.25) is 0 Å². The number of anilines is 1. The van der Waals surface area contributed by atoms with E-state index in [1.807, 2.05) is 18.2 Å². The van der Waals surface area contributed by atoms with Crippen LogP contribution in [-0.4, -0.2) is 16.3 Å². The van der Waals surface area contributed by atoms with Crippen LogP contribution in [0.1, 0.15) is 16.7 Å². The zero-order valence-corrected chi connectivity index (χ0v) is 11.9. The van der Waals surface area contributed by atoms with E-state index in [1.165, 1.54) is 17.3 Å². The van der Waals surface area contributed by atoms with E-state index in [4.69, 9.17) is 16.1 Å². The van der Waals surface area contributed by atoms with E-state index in [0.717, 1.165) is 40.6 Å². The summed E-state index contributed by atoms with van der Waals surface area (Å²) >= 11 is 0. The van der Waals surface area contributed by atoms with Crippen LogP contribution < -0.4 is 5.73 Å². The van der Waals surface area contributed by atoms with Gasteiger partial charge in [-0.2, -0.15) is 0 Å². The molecule has 4 rings (SSSR count). The second kappa shape index (κ2) is 4.56. The molecule has 0 spiro atoms. The van der Waals surface area contributed by atoms with Gasteiger partial charge in [0, 0.05) is 28.4 Å². The Balaban J connectivity index is 2.04. The first-order valence-corrected chi connectivity index (χ1v) is 7.23. The fourth-order valence-electron chi connectivity index (χ4n) is 3.15. The second-order valence-electron chi connectivity index (χ2n) is 5.57. The van der Waals surface area contributed by atoms with Gasteiger partial charge in [0.15, 0.2) is 0 Å². The lowest BCUT2D eigenvalue weighted by Gasteiger charge is -2.25. The Morgan fingerprint density at radius 3 is 2.41 bits per heavy atom. The van der Waals surface area contributed by atoms with Crippen LogP contribution in [0.5, 0.6) is 5.75 Å². The highest BCUT2D eigenvalue weighted by molar-refractivity contribution is 6.05. The number of phenolic OH excluding ortho intramolecular Hbond substituents is 1. The Morgan fingerprint density at radius 2 is 1.77 bits per heavy atom. The van der Waals surface area contributed by atoms with E-state index >= 15 is 0 Å². The molecule has 1 aliphatic carbocycles. The van der Waals surface area contributed by atoms with Crippen molar-refractivity contribution < 1.29 is 5.11 Å². The van der Waals surface area contributed by atoms with Gasteiger partial charge in [0.1, 0.15) is 5.75 Å². The largest absolute Gasteiger partial charge is 0.508 e. The van der Waals surface area contributed by atoms with Gasteiger partial charge in [0.25, 0.3) is 0 Å². The molecule has 0 radical (unpaired) electrons. The first-order chi connectivity index (χ1) is 10.7. The van der Waals surface area contributed by atoms with E-state index in [1.54, 1.807) is 18.2 Å². The van der Waals surface area contributed by atoms with Crippen molar-refractivity contribution in [1.29, 1.82) is 5.41 Å². The van der Waals surface area contributed by atoms with Crippen LogP contribution in [-0.2, 0) is 12.8 Å². The minimum Gasteiger partial charge on any atom is -0.508 e. The summed E-state index contributed by atoms with van der Waals surface area (Å²) in [6.45, 7) is 0. The van der Waals surface area contributed by atoms with E-state index in [-0.39, 0.29) is 5.75 Å². The Bertz CT molecular complexity index is 914. The van der Waals surface area contributed by atoms with Gasteiger partial charge in [0.05, 0.1) is 11.2 Å². The van der Waals surface area contributed by atoms with Gasteiger partial charge in [0.2, 0.25) is 0 Å². The lowest BCUT2D eigenvalue weighted by atomic mass is 9.81. The van der Waals surface area contributed by atoms with Crippen LogP contribution in [0.4, 0.5) is 5.69 Å². The summed E-state index contributed by atoms with van der Waals surface area (Å²) in [5.41, 5.74) is 12.7. The van der Waals surface area contributed by atoms with E-state index in [0.29, 0.717) is 5.69 Å². The second-order valence-corrected chi connectivity index (χ2v) is 5.57. The maximum Gasteiger partial charge on any atom is 0.115 e. The standard InChI is InChI=1S/C18H15N3O/c19-9-14-15(20)7-8-16-17(14)12-5-6-13(12)18(21-16)10-1-3-11(22)4-2-10/h1-4,7-9,19,22H,5-6,20H2. The van der Waals surface area contributed by atoms with Crippen molar-refractivity contribution >= 4 is 22.8 Å². The SMILES string of the molecule is N=Cc1c(N)ccc2nc(-c3ccc(O)cc3)c3c(c12)CC3. The number of aromatic nitrogens is 1. The van der Waals surface area contributed by atoms with Crippen molar-refractivity contribution in [3.05, 3.63) is 53.1 Å². The molecule has 0 saturated carbocycles. The fraction of sp³-hybridized carbons (Fsp3) is 0.111. The van der Waals surface area contributed by atoms with Crippen molar-refractivity contribution in [2.45, 2.75) is 12.8 Å². The fourth-order valence-corrected chi connectivity index (χ4v) is 3.15. The normalized spacial score (nSPS) is 12.7. The molecule has 4 heteroatoms. The third kappa shape index (κ3) is 1.70. The molecule has 0 aliphatic heterocycles. The molecule has 3 aromatic rings. The Morgan fingerprint density at radius 1 is 1.05 bits per heavy atom. The minimum absolute atomic E-state index is 0.252. The van der Waals surface area contributed by atoms with Crippen LogP contribution in [0, 0.1) is 5.41 Å². The zero-order chi connectivity index (χ0) is 15.3. The monoisotopic (exact) mass is 289 g/mol. The molecule has 0 unspecified atom stereocenters. The predicted octanol–water partition coefficient (Wildman–Crippen LogP) is 3.29. The van der Waals surface area contributed by atoms with Crippen molar-refractivity contribution in [1.82, 2.24) is 4.98 Å². The molecule has 1 aromatic heterocycles. The zero-order valence-electron chi connectivity index (χ0n) is 11.9. The quantitative estimate of drug-likeness (QED) is 0.500. The third-order valence-electron chi connectivity index (χ3n) is 4.35. The number of fused-ring (bicyclic) bond motifs is 3. The van der Waals surface area contributed by atoms with Crippen LogP contribution in [0.2, 0.25) is 0 Å². The van der Waals surface area contributed by atoms with Gasteiger partial charge in [-0.05, 0) is 60.4 Å². The van der Waals surface area contributed by atoms with Crippen LogP contribution in [0.25, 0.3) is 22.2 Å². The molecule has 2 aromatic carbocycles. The van der Waals surface area contributed by atoms with Crippen molar-refractivity contribution in [2.75, 3.05) is 5.73 Å². The summed E-state index contributed by atoms with van der Waals surface area (Å²) in [7, 11) is 0. The molecular formula is C18H15N3O. The molecule has 4 N–H and O–H groups in total. The molecule has 0 bridgehead atoms. The maximum atomic E-state index is 9.45. The molecule has 1 aliphatic rings. The van der Waals surface area contributed by atoms with Crippen molar-refractivity contribution in [3.8, 4) is 17.0 Å². The number of rotatable bonds is 2. The maximum absolute atomic E-state index is 9.45. The molecular weight excluding hydrogens is 274 g/mol. The molecule has 0 saturated heterocycles. The third-order valence-corrected chi connectivity index (χ3v) is 4.35. The number of benzene rings is 2. The van der Waals surface area contributed by atoms with Crippen molar-refractivity contribution in [3.63, 3.8) is 0 Å². The Labute approximate surface area is 127 Å². The molecule has 0 fully saturated rings. The number of hydrogen-bond donors (Lipinski definition) is 3. The lowest BCUT2D eigenvalue weighted by molar-refractivity contribution is 0.475. The van der Waals surface area contributed by atoms with Crippen LogP contribution in [0.15, 0.2) is 36.4 Å². The highest BCUT2D eigenvalue weighted by atomic mass is 16.3. The molecule has 0 amide bonds. The number of aryl methyl sites for hydroxylation is 1. The average Bonchev–Trinajstić information content (AvgIpc) is 2.48. The van der Waals surface area contributed by atoms with E-state index in [2.05, 4.69) is 0 Å². The molecule has 0 atom stereocenters. The molecule has 1 heterocycles. The predicted molar refractivity (Wildman–Crippen MR) is 88.5 cm³/mol. The van der Waals surface area contributed by atoms with E-state index in [9.17, 15) is 5.11 Å². The summed E-state index contributed by atoms with van der Waals surface area (Å²) in [4.78, 5) is 4.80. The summed E-state index contributed by atoms with van der Waals surface area (Å²) < 4.78 is 0. The van der Waals surface area contributed by atoms with Gasteiger partial charge < -0.3 is 16.2 Å². The summed E-state index contributed by atoms with van der Waals surface area (Å²) in [6.07, 6.45) is 3.29. The van der Waals surface area contributed by atoms with Gasteiger partial charge >= 0.3 is 0 Å². The van der Waals surface area contributed by atoms with Gasteiger partial charge in [-0.25, -0.2) is 4.98 Å². The molecule has 4 nitrogen and oxygen atoms in total. The minimum atomic E-state index is 0.252. The number of aromatic hydroxyl groups is 1. The lowest BCUT2D eigenvalue weighted by Crippen LogP contribution is -2.14. The van der Waals surface area contributed by atoms with Crippen LogP contribution in [0.3, 0.4) is 0 Å². The number of pyridine rings is 1. The van der Waals surface area contributed by atoms with E-state index < -0.39 is 0 Å². The molecule has 108 valence electrons. The number of nitrogen functional groups attached to an aromatic ring is 1. The highest BCUT2D eigenvalue weighted by Crippen LogP contribution is 2.39. The smallest absolute Gasteiger partial charge is 0.115 e.